The highest BCUT2D eigenvalue weighted by molar-refractivity contribution is 14.1. The quantitative estimate of drug-likeness (QED) is 0.484. The van der Waals surface area contributed by atoms with Crippen LogP contribution in [-0.4, -0.2) is 31.5 Å². The van der Waals surface area contributed by atoms with E-state index in [1.165, 1.54) is 0 Å². The van der Waals surface area contributed by atoms with Gasteiger partial charge in [0.05, 0.1) is 9.17 Å². The van der Waals surface area contributed by atoms with E-state index in [0.717, 1.165) is 0 Å². The van der Waals surface area contributed by atoms with Gasteiger partial charge in [-0.25, -0.2) is 0 Å². The normalized spacial score (nSPS) is 26.7. The first kappa shape index (κ1) is 14.8. The van der Waals surface area contributed by atoms with Crippen molar-refractivity contribution < 1.29 is 19.8 Å². The second-order valence-corrected chi connectivity index (χ2v) is 7.17. The molecule has 96 valence electrons. The van der Waals surface area contributed by atoms with Crippen LogP contribution in [0.2, 0.25) is 0 Å². The average molecular weight is 371 g/mol. The summed E-state index contributed by atoms with van der Waals surface area (Å²) in [7, 11) is 0. The van der Waals surface area contributed by atoms with Gasteiger partial charge in [-0.3, -0.25) is 9.59 Å². The van der Waals surface area contributed by atoms with Gasteiger partial charge >= 0.3 is 11.9 Å². The Labute approximate surface area is 117 Å². The van der Waals surface area contributed by atoms with E-state index in [-0.39, 0.29) is 12.3 Å². The van der Waals surface area contributed by atoms with Crippen LogP contribution < -0.4 is 5.73 Å². The minimum atomic E-state index is -1.15. The minimum absolute atomic E-state index is 0.0248. The van der Waals surface area contributed by atoms with Crippen LogP contribution in [0.15, 0.2) is 11.5 Å². The zero-order valence-electron chi connectivity index (χ0n) is 8.95. The number of nitrogens with two attached hydrogens (primary N) is 1. The summed E-state index contributed by atoms with van der Waals surface area (Å²) in [6.45, 7) is 0. The molecule has 1 aliphatic rings. The van der Waals surface area contributed by atoms with Crippen molar-refractivity contribution >= 4 is 46.3 Å². The van der Waals surface area contributed by atoms with Gasteiger partial charge in [-0.1, -0.05) is 28.7 Å². The molecule has 0 saturated carbocycles. The van der Waals surface area contributed by atoms with Crippen molar-refractivity contribution in [1.82, 2.24) is 0 Å². The summed E-state index contributed by atoms with van der Waals surface area (Å²) in [5, 5.41) is 19.7. The summed E-state index contributed by atoms with van der Waals surface area (Å²) >= 11 is 3.91. The molecule has 1 aliphatic heterocycles. The molecule has 0 aliphatic carbocycles. The molecule has 0 bridgehead atoms. The van der Waals surface area contributed by atoms with E-state index in [1.807, 2.05) is 11.5 Å². The first-order valence-electron chi connectivity index (χ1n) is 5.09. The second-order valence-electron chi connectivity index (χ2n) is 3.93. The van der Waals surface area contributed by atoms with Gasteiger partial charge in [-0.05, 0) is 24.2 Å². The van der Waals surface area contributed by atoms with Crippen molar-refractivity contribution in [2.24, 2.45) is 17.6 Å². The van der Waals surface area contributed by atoms with Gasteiger partial charge in [0.2, 0.25) is 0 Å². The van der Waals surface area contributed by atoms with Crippen molar-refractivity contribution in [1.29, 1.82) is 0 Å². The number of aliphatic carboxylic acids is 2. The molecule has 0 radical (unpaired) electrons. The number of carbonyl (C=O) groups is 2. The third-order valence-electron chi connectivity index (χ3n) is 2.63. The van der Waals surface area contributed by atoms with Gasteiger partial charge in [0.15, 0.2) is 0 Å². The molecule has 5 nitrogen and oxygen atoms in total. The smallest absolute Gasteiger partial charge is 0.320 e. The van der Waals surface area contributed by atoms with Gasteiger partial charge in [-0.2, -0.15) is 0 Å². The van der Waals surface area contributed by atoms with E-state index in [4.69, 9.17) is 15.9 Å². The van der Waals surface area contributed by atoms with E-state index in [2.05, 4.69) is 22.6 Å². The molecule has 1 heterocycles. The van der Waals surface area contributed by atoms with Crippen LogP contribution in [0.4, 0.5) is 0 Å². The lowest BCUT2D eigenvalue weighted by molar-refractivity contribution is -0.144. The molecule has 0 fully saturated rings. The van der Waals surface area contributed by atoms with Gasteiger partial charge < -0.3 is 15.9 Å². The fourth-order valence-corrected chi connectivity index (χ4v) is 3.52. The highest BCUT2D eigenvalue weighted by Gasteiger charge is 2.30. The average Bonchev–Trinajstić information content (AvgIpc) is 2.62. The maximum atomic E-state index is 11.1. The maximum absolute atomic E-state index is 11.1. The minimum Gasteiger partial charge on any atom is -0.481 e. The predicted molar refractivity (Wildman–Crippen MR) is 74.0 cm³/mol. The third kappa shape index (κ3) is 4.47. The Morgan fingerprint density at radius 2 is 2.06 bits per heavy atom. The Hall–Kier alpha value is -0.280. The van der Waals surface area contributed by atoms with Gasteiger partial charge in [-0.15, -0.1) is 11.8 Å². The van der Waals surface area contributed by atoms with Gasteiger partial charge in [0, 0.05) is 0 Å². The van der Waals surface area contributed by atoms with E-state index in [0.29, 0.717) is 9.68 Å². The number of allylic oxidation sites excluding steroid dienone is 1. The Morgan fingerprint density at radius 3 is 2.47 bits per heavy atom. The molecular formula is C10H14INO4S. The zero-order chi connectivity index (χ0) is 13.0. The summed E-state index contributed by atoms with van der Waals surface area (Å²) in [5.74, 6) is -2.66. The van der Waals surface area contributed by atoms with Gasteiger partial charge in [0.1, 0.15) is 6.04 Å². The first-order chi connectivity index (χ1) is 7.91. The molecule has 0 aromatic carbocycles. The van der Waals surface area contributed by atoms with Crippen LogP contribution in [0.25, 0.3) is 0 Å². The largest absolute Gasteiger partial charge is 0.481 e. The lowest BCUT2D eigenvalue weighted by atomic mass is 9.90. The molecule has 0 aromatic rings. The van der Waals surface area contributed by atoms with Crippen LogP contribution in [-0.2, 0) is 9.59 Å². The SMILES string of the molecule is N[C@@H](CC(CC1C=CSC1I)C(=O)O)C(=O)O. The molecule has 1 rings (SSSR count). The molecular weight excluding hydrogens is 357 g/mol. The highest BCUT2D eigenvalue weighted by Crippen LogP contribution is 2.38. The van der Waals surface area contributed by atoms with Crippen LogP contribution in [0.1, 0.15) is 12.8 Å². The Morgan fingerprint density at radius 1 is 1.41 bits per heavy atom. The number of halogens is 1. The van der Waals surface area contributed by atoms with Crippen LogP contribution in [0, 0.1) is 11.8 Å². The zero-order valence-corrected chi connectivity index (χ0v) is 11.9. The topological polar surface area (TPSA) is 101 Å². The summed E-state index contributed by atoms with van der Waals surface area (Å²) < 4.78 is 0.315. The summed E-state index contributed by atoms with van der Waals surface area (Å²) in [6.07, 6.45) is 2.39. The van der Waals surface area contributed by atoms with Crippen LogP contribution >= 0.6 is 34.4 Å². The number of hydrogen-bond acceptors (Lipinski definition) is 4. The molecule has 0 spiro atoms. The molecule has 4 atom stereocenters. The lowest BCUT2D eigenvalue weighted by Gasteiger charge is -2.19. The number of hydrogen-bond donors (Lipinski definition) is 3. The number of alkyl halides is 1. The fraction of sp³-hybridized carbons (Fsp3) is 0.600. The standard InChI is InChI=1S/C10H14INO4S/c11-8-5(1-2-17-8)3-6(9(13)14)4-7(12)10(15)16/h1-2,5-8H,3-4,12H2,(H,13,14)(H,15,16)/t5?,6?,7-,8?/m0/s1. The van der Waals surface area contributed by atoms with Crippen LogP contribution in [0.5, 0.6) is 0 Å². The molecule has 0 amide bonds. The summed E-state index contributed by atoms with van der Waals surface area (Å²) in [5.41, 5.74) is 5.38. The number of carboxylic acid groups (broad SMARTS) is 2. The number of rotatable bonds is 6. The van der Waals surface area contributed by atoms with Crippen LogP contribution in [0.3, 0.4) is 0 Å². The Balaban J connectivity index is 2.57. The molecule has 0 aromatic heterocycles. The van der Waals surface area contributed by atoms with E-state index >= 15 is 0 Å². The van der Waals surface area contributed by atoms with Gasteiger partial charge in [0.25, 0.3) is 0 Å². The Kier molecular flexibility index (Phi) is 5.74. The third-order valence-corrected chi connectivity index (χ3v) is 5.36. The van der Waals surface area contributed by atoms with Crippen molar-refractivity contribution in [3.63, 3.8) is 0 Å². The second kappa shape index (κ2) is 6.60. The molecule has 17 heavy (non-hydrogen) atoms. The van der Waals surface area contributed by atoms with Crippen molar-refractivity contribution in [3.05, 3.63) is 11.5 Å². The molecule has 0 saturated heterocycles. The summed E-state index contributed by atoms with van der Waals surface area (Å²) in [6, 6.07) is -1.11. The molecule has 4 N–H and O–H groups in total. The van der Waals surface area contributed by atoms with E-state index in [1.54, 1.807) is 11.8 Å². The lowest BCUT2D eigenvalue weighted by Crippen LogP contribution is -2.35. The highest BCUT2D eigenvalue weighted by atomic mass is 127. The first-order valence-corrected chi connectivity index (χ1v) is 7.28. The maximum Gasteiger partial charge on any atom is 0.320 e. The Bertz CT molecular complexity index is 336. The van der Waals surface area contributed by atoms with E-state index in [9.17, 15) is 9.59 Å². The van der Waals surface area contributed by atoms with Crippen molar-refractivity contribution in [3.8, 4) is 0 Å². The molecule has 3 unspecified atom stereocenters. The monoisotopic (exact) mass is 371 g/mol. The molecule has 7 heteroatoms. The predicted octanol–water partition coefficient (Wildman–Crippen LogP) is 1.52. The summed E-state index contributed by atoms with van der Waals surface area (Å²) in [4.78, 5) is 21.7. The van der Waals surface area contributed by atoms with E-state index < -0.39 is 23.9 Å². The van der Waals surface area contributed by atoms with Crippen molar-refractivity contribution in [2.45, 2.75) is 22.1 Å². The number of carboxylic acids is 2. The van der Waals surface area contributed by atoms with Crippen molar-refractivity contribution in [2.75, 3.05) is 0 Å². The fourth-order valence-electron chi connectivity index (χ4n) is 1.63. The number of thioether (sulfide) groups is 1.